The Kier molecular flexibility index (Phi) is 4.93. The van der Waals surface area contributed by atoms with Crippen molar-refractivity contribution in [1.29, 1.82) is 0 Å². The lowest BCUT2D eigenvalue weighted by Gasteiger charge is -2.13. The maximum absolute atomic E-state index is 12.6. The number of anilines is 4. The van der Waals surface area contributed by atoms with Crippen LogP contribution in [0.15, 0.2) is 56.8 Å². The van der Waals surface area contributed by atoms with Gasteiger partial charge in [-0.1, -0.05) is 0 Å². The zero-order valence-corrected chi connectivity index (χ0v) is 17.2. The van der Waals surface area contributed by atoms with E-state index in [2.05, 4.69) is 46.5 Å². The third kappa shape index (κ3) is 3.92. The van der Waals surface area contributed by atoms with E-state index in [1.807, 2.05) is 26.0 Å². The fourth-order valence-electron chi connectivity index (χ4n) is 2.89. The molecule has 10 heteroatoms. The first-order valence-corrected chi connectivity index (χ1v) is 9.70. The molecule has 0 aliphatic rings. The molecule has 0 aliphatic carbocycles. The van der Waals surface area contributed by atoms with Crippen LogP contribution in [0, 0.1) is 0 Å². The molecule has 0 unspecified atom stereocenters. The van der Waals surface area contributed by atoms with Crippen LogP contribution >= 0.6 is 15.9 Å². The number of rotatable bonds is 5. The highest BCUT2D eigenvalue weighted by molar-refractivity contribution is 9.10. The molecule has 148 valence electrons. The molecule has 0 radical (unpaired) electrons. The van der Waals surface area contributed by atoms with Gasteiger partial charge in [0.1, 0.15) is 5.69 Å². The molecule has 0 atom stereocenters. The molecule has 0 saturated carbocycles. The summed E-state index contributed by atoms with van der Waals surface area (Å²) in [6.07, 6.45) is 3.35. The van der Waals surface area contributed by atoms with Crippen LogP contribution in [0.25, 0.3) is 11.0 Å². The van der Waals surface area contributed by atoms with E-state index >= 15 is 0 Å². The Balaban J connectivity index is 1.63. The lowest BCUT2D eigenvalue weighted by molar-refractivity contribution is 0.580. The van der Waals surface area contributed by atoms with Gasteiger partial charge in [0, 0.05) is 24.1 Å². The van der Waals surface area contributed by atoms with Gasteiger partial charge in [-0.15, -0.1) is 0 Å². The Labute approximate surface area is 173 Å². The van der Waals surface area contributed by atoms with E-state index in [9.17, 15) is 9.59 Å². The van der Waals surface area contributed by atoms with Gasteiger partial charge >= 0.3 is 5.69 Å². The molecule has 29 heavy (non-hydrogen) atoms. The average Bonchev–Trinajstić information content (AvgIpc) is 3.05. The number of imidazole rings is 1. The topological polar surface area (TPSA) is 120 Å². The van der Waals surface area contributed by atoms with Crippen molar-refractivity contribution in [2.24, 2.45) is 0 Å². The van der Waals surface area contributed by atoms with Crippen LogP contribution in [0.1, 0.15) is 19.9 Å². The van der Waals surface area contributed by atoms with Crippen LogP contribution in [0.5, 0.6) is 0 Å². The van der Waals surface area contributed by atoms with Crippen molar-refractivity contribution >= 4 is 50.1 Å². The predicted octanol–water partition coefficient (Wildman–Crippen LogP) is 3.64. The summed E-state index contributed by atoms with van der Waals surface area (Å²) in [4.78, 5) is 38.1. The van der Waals surface area contributed by atoms with Crippen molar-refractivity contribution < 1.29 is 0 Å². The number of hydrogen-bond donors (Lipinski definition) is 4. The number of halogens is 1. The Morgan fingerprint density at radius 1 is 1.10 bits per heavy atom. The maximum atomic E-state index is 12.6. The number of aromatic nitrogens is 5. The summed E-state index contributed by atoms with van der Waals surface area (Å²) < 4.78 is 2.26. The number of nitrogens with zero attached hydrogens (tertiary/aromatic N) is 3. The van der Waals surface area contributed by atoms with Gasteiger partial charge in [0.2, 0.25) is 5.95 Å². The van der Waals surface area contributed by atoms with Crippen molar-refractivity contribution in [2.45, 2.75) is 19.9 Å². The van der Waals surface area contributed by atoms with Crippen LogP contribution in [-0.4, -0.2) is 24.5 Å². The summed E-state index contributed by atoms with van der Waals surface area (Å²) in [5, 5.41) is 6.17. The Hall–Kier alpha value is -3.40. The molecule has 9 nitrogen and oxygen atoms in total. The maximum Gasteiger partial charge on any atom is 0.323 e. The van der Waals surface area contributed by atoms with Gasteiger partial charge in [-0.2, -0.15) is 4.98 Å². The van der Waals surface area contributed by atoms with E-state index in [1.165, 1.54) is 0 Å². The summed E-state index contributed by atoms with van der Waals surface area (Å²) in [6, 6.07) is 8.94. The second kappa shape index (κ2) is 7.55. The summed E-state index contributed by atoms with van der Waals surface area (Å²) in [5.41, 5.74) is 2.11. The molecule has 4 N–H and O–H groups in total. The number of hydrogen-bond acceptors (Lipinski definition) is 6. The summed E-state index contributed by atoms with van der Waals surface area (Å²) in [6.45, 7) is 3.89. The largest absolute Gasteiger partial charge is 0.335 e. The predicted molar refractivity (Wildman–Crippen MR) is 116 cm³/mol. The highest BCUT2D eigenvalue weighted by Crippen LogP contribution is 2.25. The first-order valence-electron chi connectivity index (χ1n) is 8.90. The summed E-state index contributed by atoms with van der Waals surface area (Å²) in [5.74, 6) is 0.797. The van der Waals surface area contributed by atoms with Crippen LogP contribution in [0.2, 0.25) is 0 Å². The van der Waals surface area contributed by atoms with Crippen molar-refractivity contribution in [3.63, 3.8) is 0 Å². The Morgan fingerprint density at radius 2 is 1.90 bits per heavy atom. The van der Waals surface area contributed by atoms with Gasteiger partial charge in [-0.3, -0.25) is 4.79 Å². The molecule has 0 saturated heterocycles. The van der Waals surface area contributed by atoms with Crippen molar-refractivity contribution in [2.75, 3.05) is 10.6 Å². The Morgan fingerprint density at radius 3 is 2.69 bits per heavy atom. The summed E-state index contributed by atoms with van der Waals surface area (Å²) >= 11 is 3.41. The monoisotopic (exact) mass is 455 g/mol. The minimum atomic E-state index is -0.265. The van der Waals surface area contributed by atoms with E-state index < -0.39 is 0 Å². The first-order chi connectivity index (χ1) is 13.9. The average molecular weight is 456 g/mol. The fraction of sp³-hybridized carbons (Fsp3) is 0.158. The SMILES string of the molecule is CC(C)n1cccc(Nc2nc(Nc3ccc4[nH]c(=O)[nH]c4c3)ncc2Br)c1=O. The molecule has 0 bridgehead atoms. The molecular formula is C19H18BrN7O2. The first kappa shape index (κ1) is 18.9. The van der Waals surface area contributed by atoms with Crippen LogP contribution in [-0.2, 0) is 0 Å². The number of nitrogens with one attached hydrogen (secondary N) is 4. The third-order valence-electron chi connectivity index (χ3n) is 4.30. The molecule has 3 heterocycles. The lowest BCUT2D eigenvalue weighted by Crippen LogP contribution is -2.23. The standard InChI is InChI=1S/C19H18BrN7O2/c1-10(2)27-7-3-4-14(17(27)28)23-16-12(20)9-21-18(26-16)22-11-5-6-13-15(8-11)25-19(29)24-13/h3-10H,1-2H3,(H2,24,25,29)(H2,21,22,23,26). The minimum absolute atomic E-state index is 0.0464. The van der Waals surface area contributed by atoms with E-state index in [4.69, 9.17) is 0 Å². The third-order valence-corrected chi connectivity index (χ3v) is 4.88. The van der Waals surface area contributed by atoms with Gasteiger partial charge in [0.15, 0.2) is 5.82 Å². The van der Waals surface area contributed by atoms with Crippen LogP contribution in [0.4, 0.5) is 23.1 Å². The lowest BCUT2D eigenvalue weighted by atomic mass is 10.3. The van der Waals surface area contributed by atoms with E-state index in [1.54, 1.807) is 35.2 Å². The number of fused-ring (bicyclic) bond motifs is 1. The highest BCUT2D eigenvalue weighted by Gasteiger charge is 2.11. The molecule has 0 amide bonds. The number of aromatic amines is 2. The smallest absolute Gasteiger partial charge is 0.323 e. The van der Waals surface area contributed by atoms with Gasteiger partial charge in [0.25, 0.3) is 5.56 Å². The quantitative estimate of drug-likeness (QED) is 0.364. The highest BCUT2D eigenvalue weighted by atomic mass is 79.9. The number of pyridine rings is 1. The van der Waals surface area contributed by atoms with Crippen molar-refractivity contribution in [3.8, 4) is 0 Å². The Bertz CT molecular complexity index is 1310. The molecular weight excluding hydrogens is 438 g/mol. The number of H-pyrrole nitrogens is 2. The van der Waals surface area contributed by atoms with Gasteiger partial charge in [-0.05, 0) is 60.1 Å². The molecule has 1 aromatic carbocycles. The minimum Gasteiger partial charge on any atom is -0.335 e. The van der Waals surface area contributed by atoms with Gasteiger partial charge in [0.05, 0.1) is 15.5 Å². The van der Waals surface area contributed by atoms with Gasteiger partial charge in [-0.25, -0.2) is 9.78 Å². The van der Waals surface area contributed by atoms with E-state index in [0.29, 0.717) is 38.6 Å². The molecule has 4 rings (SSSR count). The van der Waals surface area contributed by atoms with Crippen LogP contribution < -0.4 is 21.9 Å². The van der Waals surface area contributed by atoms with Gasteiger partial charge < -0.3 is 25.2 Å². The zero-order chi connectivity index (χ0) is 20.5. The molecule has 0 fully saturated rings. The molecule has 0 aliphatic heterocycles. The second-order valence-corrected chi connectivity index (χ2v) is 7.56. The normalized spacial score (nSPS) is 11.2. The molecule has 0 spiro atoms. The molecule has 3 aromatic heterocycles. The van der Waals surface area contributed by atoms with E-state index in [-0.39, 0.29) is 17.3 Å². The van der Waals surface area contributed by atoms with E-state index in [0.717, 1.165) is 0 Å². The van der Waals surface area contributed by atoms with Crippen molar-refractivity contribution in [1.82, 2.24) is 24.5 Å². The second-order valence-electron chi connectivity index (χ2n) is 6.71. The summed E-state index contributed by atoms with van der Waals surface area (Å²) in [7, 11) is 0. The molecule has 4 aromatic rings. The van der Waals surface area contributed by atoms with Crippen molar-refractivity contribution in [3.05, 3.63) is 68.0 Å². The zero-order valence-electron chi connectivity index (χ0n) is 15.7. The fourth-order valence-corrected chi connectivity index (χ4v) is 3.18. The van der Waals surface area contributed by atoms with Crippen LogP contribution in [0.3, 0.4) is 0 Å². The number of benzene rings is 1.